The van der Waals surface area contributed by atoms with Gasteiger partial charge in [-0.15, -0.1) is 0 Å². The number of pyridine rings is 1. The van der Waals surface area contributed by atoms with E-state index in [4.69, 9.17) is 5.73 Å². The number of Topliss-reactive ketones (excluding diaryl/α,β-unsaturated/α-hetero) is 1. The van der Waals surface area contributed by atoms with Gasteiger partial charge in [0.15, 0.2) is 5.78 Å². The van der Waals surface area contributed by atoms with E-state index in [1.807, 2.05) is 13.8 Å². The molecule has 98 valence electrons. The van der Waals surface area contributed by atoms with Crippen molar-refractivity contribution in [1.29, 1.82) is 0 Å². The number of aromatic nitrogens is 1. The Bertz CT molecular complexity index is 444. The van der Waals surface area contributed by atoms with Gasteiger partial charge in [-0.3, -0.25) is 9.78 Å². The number of nitrogens with two attached hydrogens (primary N) is 1. The molecule has 0 saturated carbocycles. The van der Waals surface area contributed by atoms with Crippen molar-refractivity contribution in [3.63, 3.8) is 0 Å². The van der Waals surface area contributed by atoms with Crippen LogP contribution in [0.1, 0.15) is 41.0 Å². The molecule has 5 nitrogen and oxygen atoms in total. The van der Waals surface area contributed by atoms with Gasteiger partial charge in [-0.25, -0.2) is 4.79 Å². The number of nitrogens with zero attached hydrogens (tertiary/aromatic N) is 1. The van der Waals surface area contributed by atoms with E-state index in [1.54, 1.807) is 0 Å². The first-order valence-electron chi connectivity index (χ1n) is 5.79. The molecule has 5 heteroatoms. The van der Waals surface area contributed by atoms with Crippen LogP contribution in [0.25, 0.3) is 0 Å². The Balaban J connectivity index is 3.02. The Morgan fingerprint density at radius 1 is 1.39 bits per heavy atom. The first-order chi connectivity index (χ1) is 8.47. The number of ether oxygens (including phenoxy) is 1. The summed E-state index contributed by atoms with van der Waals surface area (Å²) in [6.07, 6.45) is 3.36. The molecule has 0 bridgehead atoms. The topological polar surface area (TPSA) is 82.3 Å². The number of esters is 1. The number of ketones is 1. The molecule has 0 aliphatic heterocycles. The van der Waals surface area contributed by atoms with Crippen molar-refractivity contribution in [3.05, 3.63) is 29.6 Å². The fourth-order valence-electron chi connectivity index (χ4n) is 1.69. The summed E-state index contributed by atoms with van der Waals surface area (Å²) < 4.78 is 4.63. The van der Waals surface area contributed by atoms with E-state index in [-0.39, 0.29) is 16.9 Å². The van der Waals surface area contributed by atoms with Gasteiger partial charge in [0.05, 0.1) is 24.3 Å². The van der Waals surface area contributed by atoms with Crippen LogP contribution in [0.5, 0.6) is 0 Å². The quantitative estimate of drug-likeness (QED) is 0.631. The van der Waals surface area contributed by atoms with Crippen molar-refractivity contribution in [1.82, 2.24) is 4.98 Å². The third-order valence-corrected chi connectivity index (χ3v) is 2.55. The Labute approximate surface area is 106 Å². The maximum absolute atomic E-state index is 12.1. The minimum Gasteiger partial charge on any atom is -0.465 e. The van der Waals surface area contributed by atoms with E-state index in [9.17, 15) is 9.59 Å². The smallest absolute Gasteiger partial charge is 0.338 e. The summed E-state index contributed by atoms with van der Waals surface area (Å²) in [4.78, 5) is 27.5. The molecule has 1 rings (SSSR count). The van der Waals surface area contributed by atoms with Crippen LogP contribution in [0.3, 0.4) is 0 Å². The third kappa shape index (κ3) is 3.37. The van der Waals surface area contributed by atoms with E-state index < -0.39 is 12.0 Å². The van der Waals surface area contributed by atoms with Crippen LogP contribution in [0.4, 0.5) is 0 Å². The highest BCUT2D eigenvalue weighted by Gasteiger charge is 2.23. The number of rotatable bonds is 5. The Morgan fingerprint density at radius 3 is 2.61 bits per heavy atom. The maximum atomic E-state index is 12.1. The van der Waals surface area contributed by atoms with Crippen LogP contribution < -0.4 is 5.73 Å². The van der Waals surface area contributed by atoms with Crippen molar-refractivity contribution < 1.29 is 14.3 Å². The lowest BCUT2D eigenvalue weighted by Gasteiger charge is -2.14. The second kappa shape index (κ2) is 6.26. The Hall–Kier alpha value is -1.75. The van der Waals surface area contributed by atoms with Gasteiger partial charge in [-0.05, 0) is 18.4 Å². The molecule has 0 aliphatic carbocycles. The molecule has 1 aromatic heterocycles. The van der Waals surface area contributed by atoms with Gasteiger partial charge in [0.2, 0.25) is 0 Å². The highest BCUT2D eigenvalue weighted by atomic mass is 16.5. The zero-order valence-electron chi connectivity index (χ0n) is 10.8. The van der Waals surface area contributed by atoms with E-state index in [0.717, 1.165) is 0 Å². The van der Waals surface area contributed by atoms with Crippen LogP contribution in [0, 0.1) is 5.92 Å². The molecular formula is C13H18N2O3. The van der Waals surface area contributed by atoms with Gasteiger partial charge in [0.25, 0.3) is 0 Å². The number of hydrogen-bond donors (Lipinski definition) is 1. The Kier molecular flexibility index (Phi) is 4.97. The first kappa shape index (κ1) is 14.3. The molecule has 1 atom stereocenters. The van der Waals surface area contributed by atoms with Gasteiger partial charge in [-0.1, -0.05) is 13.8 Å². The standard InChI is InChI=1S/C13H18N2O3/c1-8(2)6-11(14)12(16)10-7-15-5-4-9(10)13(17)18-3/h4-5,7-8,11H,6,14H2,1-3H3/t11-/m0/s1. The summed E-state index contributed by atoms with van der Waals surface area (Å²) in [7, 11) is 1.27. The fourth-order valence-corrected chi connectivity index (χ4v) is 1.69. The Morgan fingerprint density at radius 2 is 2.06 bits per heavy atom. The fraction of sp³-hybridized carbons (Fsp3) is 0.462. The van der Waals surface area contributed by atoms with Gasteiger partial charge in [0.1, 0.15) is 0 Å². The van der Waals surface area contributed by atoms with Crippen molar-refractivity contribution in [2.75, 3.05) is 7.11 Å². The molecule has 0 saturated heterocycles. The summed E-state index contributed by atoms with van der Waals surface area (Å²) >= 11 is 0. The van der Waals surface area contributed by atoms with Crippen LogP contribution in [-0.4, -0.2) is 29.9 Å². The lowest BCUT2D eigenvalue weighted by Crippen LogP contribution is -2.33. The predicted octanol–water partition coefficient (Wildman–Crippen LogP) is 1.42. The zero-order chi connectivity index (χ0) is 13.7. The SMILES string of the molecule is COC(=O)c1ccncc1C(=O)[C@@H](N)CC(C)C. The average Bonchev–Trinajstić information content (AvgIpc) is 2.36. The molecule has 0 spiro atoms. The van der Waals surface area contributed by atoms with Crippen LogP contribution in [0.15, 0.2) is 18.5 Å². The second-order valence-electron chi connectivity index (χ2n) is 4.51. The second-order valence-corrected chi connectivity index (χ2v) is 4.51. The maximum Gasteiger partial charge on any atom is 0.338 e. The summed E-state index contributed by atoms with van der Waals surface area (Å²) in [6, 6.07) is 0.832. The molecule has 1 heterocycles. The van der Waals surface area contributed by atoms with Gasteiger partial charge >= 0.3 is 5.97 Å². The summed E-state index contributed by atoms with van der Waals surface area (Å²) in [5.74, 6) is -0.531. The lowest BCUT2D eigenvalue weighted by molar-refractivity contribution is 0.0596. The van der Waals surface area contributed by atoms with Crippen LogP contribution >= 0.6 is 0 Å². The minimum absolute atomic E-state index is 0.205. The third-order valence-electron chi connectivity index (χ3n) is 2.55. The molecule has 0 unspecified atom stereocenters. The average molecular weight is 250 g/mol. The molecule has 2 N–H and O–H groups in total. The van der Waals surface area contributed by atoms with Gasteiger partial charge in [0, 0.05) is 12.4 Å². The van der Waals surface area contributed by atoms with E-state index in [1.165, 1.54) is 25.6 Å². The molecule has 0 aliphatic rings. The molecule has 0 aromatic carbocycles. The molecular weight excluding hydrogens is 232 g/mol. The van der Waals surface area contributed by atoms with Crippen molar-refractivity contribution >= 4 is 11.8 Å². The largest absolute Gasteiger partial charge is 0.465 e. The summed E-state index contributed by atoms with van der Waals surface area (Å²) in [5.41, 5.74) is 6.26. The molecule has 0 fully saturated rings. The van der Waals surface area contributed by atoms with E-state index >= 15 is 0 Å². The van der Waals surface area contributed by atoms with Crippen LogP contribution in [0.2, 0.25) is 0 Å². The normalized spacial score (nSPS) is 12.3. The van der Waals surface area contributed by atoms with Crippen molar-refractivity contribution in [2.24, 2.45) is 11.7 Å². The number of hydrogen-bond acceptors (Lipinski definition) is 5. The molecule has 0 radical (unpaired) electrons. The van der Waals surface area contributed by atoms with Gasteiger partial charge in [-0.2, -0.15) is 0 Å². The summed E-state index contributed by atoms with van der Waals surface area (Å²) in [5, 5.41) is 0. The van der Waals surface area contributed by atoms with Gasteiger partial charge < -0.3 is 10.5 Å². The zero-order valence-corrected chi connectivity index (χ0v) is 10.8. The molecule has 1 aromatic rings. The minimum atomic E-state index is -0.627. The van der Waals surface area contributed by atoms with Crippen molar-refractivity contribution in [2.45, 2.75) is 26.3 Å². The number of carbonyl (C=O) groups excluding carboxylic acids is 2. The molecule has 18 heavy (non-hydrogen) atoms. The highest BCUT2D eigenvalue weighted by Crippen LogP contribution is 2.14. The van der Waals surface area contributed by atoms with E-state index in [0.29, 0.717) is 12.3 Å². The number of carbonyl (C=O) groups is 2. The predicted molar refractivity (Wildman–Crippen MR) is 67.3 cm³/mol. The summed E-state index contributed by atoms with van der Waals surface area (Å²) in [6.45, 7) is 3.97. The number of methoxy groups -OCH3 is 1. The lowest BCUT2D eigenvalue weighted by atomic mass is 9.95. The monoisotopic (exact) mass is 250 g/mol. The highest BCUT2D eigenvalue weighted by molar-refractivity contribution is 6.08. The van der Waals surface area contributed by atoms with E-state index in [2.05, 4.69) is 9.72 Å². The van der Waals surface area contributed by atoms with Crippen molar-refractivity contribution in [3.8, 4) is 0 Å². The molecule has 0 amide bonds. The first-order valence-corrected chi connectivity index (χ1v) is 5.79. The van der Waals surface area contributed by atoms with Crippen LogP contribution in [-0.2, 0) is 4.74 Å².